The molecule has 0 radical (unpaired) electrons. The van der Waals surface area contributed by atoms with Crippen molar-refractivity contribution in [2.75, 3.05) is 33.0 Å². The molecule has 0 saturated heterocycles. The molecule has 0 aliphatic carbocycles. The molecule has 1 rings (SSSR count). The zero-order valence-corrected chi connectivity index (χ0v) is 9.09. The smallest absolute Gasteiger partial charge is 0.0701 e. The number of hydrogen-bond donors (Lipinski definition) is 1. The molecular weight excluding hydrogens is 198 g/mol. The van der Waals surface area contributed by atoms with Gasteiger partial charge < -0.3 is 15.2 Å². The lowest BCUT2D eigenvalue weighted by Crippen LogP contribution is -2.12. The van der Waals surface area contributed by atoms with Crippen molar-refractivity contribution in [1.82, 2.24) is 0 Å². The van der Waals surface area contributed by atoms with Gasteiger partial charge in [0.15, 0.2) is 0 Å². The molecule has 0 aromatic carbocycles. The third kappa shape index (κ3) is 5.34. The third-order valence-corrected chi connectivity index (χ3v) is 2.64. The normalized spacial score (nSPS) is 10.6. The molecule has 0 spiro atoms. The maximum atomic E-state index is 5.39. The van der Waals surface area contributed by atoms with Crippen LogP contribution in [0.4, 0.5) is 0 Å². The lowest BCUT2D eigenvalue weighted by molar-refractivity contribution is 0.0521. The van der Waals surface area contributed by atoms with Crippen molar-refractivity contribution in [3.63, 3.8) is 0 Å². The van der Waals surface area contributed by atoms with E-state index < -0.39 is 0 Å². The van der Waals surface area contributed by atoms with E-state index in [1.165, 1.54) is 4.88 Å². The Balaban J connectivity index is 1.85. The summed E-state index contributed by atoms with van der Waals surface area (Å²) >= 11 is 1.77. The molecule has 0 aliphatic heterocycles. The van der Waals surface area contributed by atoms with E-state index in [1.807, 2.05) is 0 Å². The van der Waals surface area contributed by atoms with Gasteiger partial charge in [-0.1, -0.05) is 6.07 Å². The molecule has 0 saturated carbocycles. The lowest BCUT2D eigenvalue weighted by atomic mass is 10.4. The molecule has 0 unspecified atom stereocenters. The van der Waals surface area contributed by atoms with E-state index in [0.29, 0.717) is 26.4 Å². The van der Waals surface area contributed by atoms with Crippen LogP contribution in [0, 0.1) is 0 Å². The minimum absolute atomic E-state index is 0.579. The topological polar surface area (TPSA) is 44.5 Å². The van der Waals surface area contributed by atoms with Crippen molar-refractivity contribution in [3.8, 4) is 0 Å². The van der Waals surface area contributed by atoms with Gasteiger partial charge in [0.05, 0.1) is 26.4 Å². The van der Waals surface area contributed by atoms with Gasteiger partial charge in [0.1, 0.15) is 0 Å². The summed E-state index contributed by atoms with van der Waals surface area (Å²) in [6, 6.07) is 4.18. The Morgan fingerprint density at radius 3 is 2.57 bits per heavy atom. The highest BCUT2D eigenvalue weighted by Gasteiger charge is 1.93. The van der Waals surface area contributed by atoms with Crippen LogP contribution in [0.5, 0.6) is 0 Å². The first kappa shape index (κ1) is 11.7. The molecule has 80 valence electrons. The van der Waals surface area contributed by atoms with Gasteiger partial charge in [-0.3, -0.25) is 0 Å². The molecule has 2 N–H and O–H groups in total. The van der Waals surface area contributed by atoms with E-state index >= 15 is 0 Å². The van der Waals surface area contributed by atoms with Crippen molar-refractivity contribution in [3.05, 3.63) is 22.4 Å². The van der Waals surface area contributed by atoms with E-state index in [0.717, 1.165) is 13.0 Å². The van der Waals surface area contributed by atoms with Crippen LogP contribution < -0.4 is 5.73 Å². The monoisotopic (exact) mass is 215 g/mol. The van der Waals surface area contributed by atoms with Gasteiger partial charge in [-0.2, -0.15) is 0 Å². The minimum atomic E-state index is 0.579. The molecule has 3 nitrogen and oxygen atoms in total. The molecule has 1 heterocycles. The van der Waals surface area contributed by atoms with Crippen LogP contribution in [-0.4, -0.2) is 33.0 Å². The molecular formula is C10H17NO2S. The van der Waals surface area contributed by atoms with Gasteiger partial charge in [-0.05, 0) is 11.4 Å². The summed E-state index contributed by atoms with van der Waals surface area (Å²) in [5.41, 5.74) is 5.27. The summed E-state index contributed by atoms with van der Waals surface area (Å²) < 4.78 is 10.6. The van der Waals surface area contributed by atoms with Crippen LogP contribution in [0.2, 0.25) is 0 Å². The average molecular weight is 215 g/mol. The molecule has 1 aromatic heterocycles. The van der Waals surface area contributed by atoms with Crippen molar-refractivity contribution < 1.29 is 9.47 Å². The Morgan fingerprint density at radius 2 is 1.93 bits per heavy atom. The molecule has 1 aromatic rings. The summed E-state index contributed by atoms with van der Waals surface area (Å²) in [4.78, 5) is 1.37. The van der Waals surface area contributed by atoms with Crippen LogP contribution in [-0.2, 0) is 15.9 Å². The van der Waals surface area contributed by atoms with Gasteiger partial charge >= 0.3 is 0 Å². The second-order valence-electron chi connectivity index (χ2n) is 2.84. The molecule has 4 heteroatoms. The van der Waals surface area contributed by atoms with Gasteiger partial charge in [0.2, 0.25) is 0 Å². The Bertz CT molecular complexity index is 214. The predicted octanol–water partition coefficient (Wildman–Crippen LogP) is 1.28. The van der Waals surface area contributed by atoms with E-state index in [2.05, 4.69) is 17.5 Å². The first-order valence-corrected chi connectivity index (χ1v) is 5.69. The molecule has 14 heavy (non-hydrogen) atoms. The largest absolute Gasteiger partial charge is 0.379 e. The number of thiophene rings is 1. The van der Waals surface area contributed by atoms with Crippen molar-refractivity contribution >= 4 is 11.3 Å². The minimum Gasteiger partial charge on any atom is -0.379 e. The standard InChI is InChI=1S/C10H17NO2S/c11-4-6-13-8-7-12-5-3-10-2-1-9-14-10/h1-2,9H,3-8,11H2. The number of nitrogens with two attached hydrogens (primary N) is 1. The van der Waals surface area contributed by atoms with E-state index in [9.17, 15) is 0 Å². The van der Waals surface area contributed by atoms with Crippen LogP contribution in [0.1, 0.15) is 4.88 Å². The molecule has 0 bridgehead atoms. The molecule has 0 fully saturated rings. The van der Waals surface area contributed by atoms with Crippen LogP contribution in [0.15, 0.2) is 17.5 Å². The first-order valence-electron chi connectivity index (χ1n) is 4.81. The summed E-state index contributed by atoms with van der Waals surface area (Å²) in [5, 5.41) is 2.08. The SMILES string of the molecule is NCCOCCOCCc1cccs1. The number of ether oxygens (including phenoxy) is 2. The maximum Gasteiger partial charge on any atom is 0.0701 e. The highest BCUT2D eigenvalue weighted by Crippen LogP contribution is 2.08. The van der Waals surface area contributed by atoms with E-state index in [-0.39, 0.29) is 0 Å². The second-order valence-corrected chi connectivity index (χ2v) is 3.88. The zero-order chi connectivity index (χ0) is 10.1. The van der Waals surface area contributed by atoms with Crippen LogP contribution in [0.25, 0.3) is 0 Å². The van der Waals surface area contributed by atoms with Crippen molar-refractivity contribution in [1.29, 1.82) is 0 Å². The molecule has 0 atom stereocenters. The lowest BCUT2D eigenvalue weighted by Gasteiger charge is -2.03. The van der Waals surface area contributed by atoms with Gasteiger partial charge in [0, 0.05) is 17.8 Å². The summed E-state index contributed by atoms with van der Waals surface area (Å²) in [5.74, 6) is 0. The highest BCUT2D eigenvalue weighted by molar-refractivity contribution is 7.09. The zero-order valence-electron chi connectivity index (χ0n) is 8.28. The fraction of sp³-hybridized carbons (Fsp3) is 0.600. The van der Waals surface area contributed by atoms with Gasteiger partial charge in [0.25, 0.3) is 0 Å². The number of rotatable bonds is 8. The van der Waals surface area contributed by atoms with E-state index in [1.54, 1.807) is 11.3 Å². The van der Waals surface area contributed by atoms with Gasteiger partial charge in [-0.15, -0.1) is 11.3 Å². The summed E-state index contributed by atoms with van der Waals surface area (Å²) in [6.07, 6.45) is 0.995. The van der Waals surface area contributed by atoms with E-state index in [4.69, 9.17) is 15.2 Å². The number of hydrogen-bond acceptors (Lipinski definition) is 4. The van der Waals surface area contributed by atoms with Crippen molar-refractivity contribution in [2.24, 2.45) is 5.73 Å². The quantitative estimate of drug-likeness (QED) is 0.664. The van der Waals surface area contributed by atoms with Crippen molar-refractivity contribution in [2.45, 2.75) is 6.42 Å². The van der Waals surface area contributed by atoms with Gasteiger partial charge in [-0.25, -0.2) is 0 Å². The predicted molar refractivity (Wildman–Crippen MR) is 58.7 cm³/mol. The average Bonchev–Trinajstić information content (AvgIpc) is 2.69. The Labute approximate surface area is 88.8 Å². The van der Waals surface area contributed by atoms with Crippen LogP contribution >= 0.6 is 11.3 Å². The Hall–Kier alpha value is -0.420. The Kier molecular flexibility index (Phi) is 6.61. The first-order chi connectivity index (χ1) is 6.93. The Morgan fingerprint density at radius 1 is 1.14 bits per heavy atom. The van der Waals surface area contributed by atoms with Crippen LogP contribution in [0.3, 0.4) is 0 Å². The second kappa shape index (κ2) is 7.94. The summed E-state index contributed by atoms with van der Waals surface area (Å²) in [7, 11) is 0. The summed E-state index contributed by atoms with van der Waals surface area (Å²) in [6.45, 7) is 3.27. The molecule has 0 amide bonds. The fourth-order valence-corrected chi connectivity index (χ4v) is 1.72. The molecule has 0 aliphatic rings. The highest BCUT2D eigenvalue weighted by atomic mass is 32.1. The fourth-order valence-electron chi connectivity index (χ4n) is 1.03. The maximum absolute atomic E-state index is 5.39. The third-order valence-electron chi connectivity index (χ3n) is 1.71.